The molecule has 1 saturated carbocycles. The molecule has 0 unspecified atom stereocenters. The summed E-state index contributed by atoms with van der Waals surface area (Å²) in [6.45, 7) is 9.53. The normalized spacial score (nSPS) is 31.7. The first-order chi connectivity index (χ1) is 7.64. The molecule has 0 aromatic heterocycles. The van der Waals surface area contributed by atoms with Crippen molar-refractivity contribution >= 4 is 0 Å². The van der Waals surface area contributed by atoms with Gasteiger partial charge in [0.1, 0.15) is 0 Å². The minimum absolute atomic E-state index is 0.283. The van der Waals surface area contributed by atoms with Gasteiger partial charge in [-0.2, -0.15) is 0 Å². The molecule has 0 atom stereocenters. The molecule has 0 aromatic rings. The molecule has 0 bridgehead atoms. The zero-order valence-corrected chi connectivity index (χ0v) is 10.8. The van der Waals surface area contributed by atoms with Crippen molar-refractivity contribution in [1.29, 1.82) is 0 Å². The molecule has 2 aliphatic heterocycles. The van der Waals surface area contributed by atoms with Gasteiger partial charge in [0.15, 0.2) is 0 Å². The third kappa shape index (κ3) is 1.80. The van der Waals surface area contributed by atoms with Gasteiger partial charge in [-0.15, -0.1) is 0 Å². The van der Waals surface area contributed by atoms with Crippen molar-refractivity contribution in [2.75, 3.05) is 26.2 Å². The van der Waals surface area contributed by atoms with Gasteiger partial charge in [0.05, 0.1) is 5.60 Å². The van der Waals surface area contributed by atoms with Crippen LogP contribution in [0.4, 0.5) is 0 Å². The van der Waals surface area contributed by atoms with Gasteiger partial charge in [-0.3, -0.25) is 4.90 Å². The molecule has 2 nitrogen and oxygen atoms in total. The second kappa shape index (κ2) is 3.71. The van der Waals surface area contributed by atoms with Crippen LogP contribution in [0.5, 0.6) is 0 Å². The summed E-state index contributed by atoms with van der Waals surface area (Å²) < 4.78 is 5.99. The largest absolute Gasteiger partial charge is 0.372 e. The third-order valence-corrected chi connectivity index (χ3v) is 5.11. The van der Waals surface area contributed by atoms with Crippen LogP contribution in [0.2, 0.25) is 0 Å². The van der Waals surface area contributed by atoms with Gasteiger partial charge in [0, 0.05) is 26.2 Å². The SMILES string of the molecule is CC(C)C1(CN2CC3(CCCCO3)C2)CC1. The highest BCUT2D eigenvalue weighted by atomic mass is 16.5. The maximum absolute atomic E-state index is 5.99. The molecule has 16 heavy (non-hydrogen) atoms. The van der Waals surface area contributed by atoms with E-state index in [0.29, 0.717) is 5.41 Å². The first-order valence-corrected chi connectivity index (χ1v) is 7.01. The van der Waals surface area contributed by atoms with Crippen molar-refractivity contribution in [2.24, 2.45) is 11.3 Å². The lowest BCUT2D eigenvalue weighted by atomic mass is 9.83. The Morgan fingerprint density at radius 2 is 1.88 bits per heavy atom. The molecule has 3 rings (SSSR count). The Morgan fingerprint density at radius 1 is 1.12 bits per heavy atom. The van der Waals surface area contributed by atoms with E-state index < -0.39 is 0 Å². The number of likely N-dealkylation sites (tertiary alicyclic amines) is 1. The van der Waals surface area contributed by atoms with E-state index in [1.807, 2.05) is 0 Å². The highest BCUT2D eigenvalue weighted by molar-refractivity contribution is 5.04. The van der Waals surface area contributed by atoms with Crippen LogP contribution >= 0.6 is 0 Å². The Kier molecular flexibility index (Phi) is 2.56. The van der Waals surface area contributed by atoms with E-state index >= 15 is 0 Å². The Balaban J connectivity index is 1.50. The predicted molar refractivity (Wildman–Crippen MR) is 65.5 cm³/mol. The van der Waals surface area contributed by atoms with Crippen LogP contribution < -0.4 is 0 Å². The smallest absolute Gasteiger partial charge is 0.0934 e. The lowest BCUT2D eigenvalue weighted by Crippen LogP contribution is -2.65. The molecule has 3 fully saturated rings. The fraction of sp³-hybridized carbons (Fsp3) is 1.00. The fourth-order valence-electron chi connectivity index (χ4n) is 3.56. The van der Waals surface area contributed by atoms with E-state index in [4.69, 9.17) is 4.74 Å². The number of nitrogens with zero attached hydrogens (tertiary/aromatic N) is 1. The molecular weight excluding hydrogens is 198 g/mol. The van der Waals surface area contributed by atoms with Crippen LogP contribution in [0.25, 0.3) is 0 Å². The Labute approximate surface area is 99.3 Å². The molecule has 1 aliphatic carbocycles. The van der Waals surface area contributed by atoms with Crippen LogP contribution in [0, 0.1) is 11.3 Å². The molecule has 1 spiro atoms. The molecule has 3 aliphatic rings. The average molecular weight is 223 g/mol. The molecule has 0 radical (unpaired) electrons. The van der Waals surface area contributed by atoms with E-state index in [9.17, 15) is 0 Å². The predicted octanol–water partition coefficient (Wildman–Crippen LogP) is 2.68. The lowest BCUT2D eigenvalue weighted by molar-refractivity contribution is -0.170. The zero-order valence-electron chi connectivity index (χ0n) is 10.8. The van der Waals surface area contributed by atoms with E-state index in [2.05, 4.69) is 18.7 Å². The maximum atomic E-state index is 5.99. The highest BCUT2D eigenvalue weighted by Crippen LogP contribution is 2.53. The van der Waals surface area contributed by atoms with E-state index in [0.717, 1.165) is 12.5 Å². The molecule has 2 heteroatoms. The van der Waals surface area contributed by atoms with Crippen molar-refractivity contribution in [2.45, 2.75) is 51.6 Å². The Morgan fingerprint density at radius 3 is 2.38 bits per heavy atom. The van der Waals surface area contributed by atoms with Crippen molar-refractivity contribution in [3.05, 3.63) is 0 Å². The quantitative estimate of drug-likeness (QED) is 0.729. The number of hydrogen-bond acceptors (Lipinski definition) is 2. The van der Waals surface area contributed by atoms with Crippen molar-refractivity contribution < 1.29 is 4.74 Å². The van der Waals surface area contributed by atoms with E-state index in [1.165, 1.54) is 51.7 Å². The number of rotatable bonds is 3. The Bertz CT molecular complexity index is 256. The topological polar surface area (TPSA) is 12.5 Å². The molecule has 0 N–H and O–H groups in total. The highest BCUT2D eigenvalue weighted by Gasteiger charge is 2.52. The fourth-order valence-corrected chi connectivity index (χ4v) is 3.56. The second-order valence-corrected chi connectivity index (χ2v) is 6.65. The van der Waals surface area contributed by atoms with Crippen LogP contribution in [-0.4, -0.2) is 36.7 Å². The maximum Gasteiger partial charge on any atom is 0.0934 e. The van der Waals surface area contributed by atoms with Crippen molar-refractivity contribution in [3.63, 3.8) is 0 Å². The van der Waals surface area contributed by atoms with Crippen molar-refractivity contribution in [3.8, 4) is 0 Å². The summed E-state index contributed by atoms with van der Waals surface area (Å²) in [5.41, 5.74) is 0.960. The Hall–Kier alpha value is -0.0800. The van der Waals surface area contributed by atoms with Gasteiger partial charge in [-0.1, -0.05) is 13.8 Å². The van der Waals surface area contributed by atoms with Crippen LogP contribution in [0.1, 0.15) is 46.0 Å². The third-order valence-electron chi connectivity index (χ3n) is 5.11. The zero-order chi connectivity index (χ0) is 11.2. The van der Waals surface area contributed by atoms with Gasteiger partial charge in [-0.05, 0) is 43.4 Å². The molecular formula is C14H25NO. The van der Waals surface area contributed by atoms with Gasteiger partial charge < -0.3 is 4.74 Å². The summed E-state index contributed by atoms with van der Waals surface area (Å²) in [6, 6.07) is 0. The van der Waals surface area contributed by atoms with Crippen LogP contribution in [0.3, 0.4) is 0 Å². The van der Waals surface area contributed by atoms with Gasteiger partial charge >= 0.3 is 0 Å². The summed E-state index contributed by atoms with van der Waals surface area (Å²) in [5.74, 6) is 0.858. The second-order valence-electron chi connectivity index (χ2n) is 6.65. The molecule has 92 valence electrons. The first kappa shape index (κ1) is 11.0. The summed E-state index contributed by atoms with van der Waals surface area (Å²) in [5, 5.41) is 0. The standard InChI is InChI=1S/C14H25NO/c1-12(2)13(6-7-13)9-15-10-14(11-15)5-3-4-8-16-14/h12H,3-11H2,1-2H3. The molecule has 2 saturated heterocycles. The minimum Gasteiger partial charge on any atom is -0.372 e. The summed E-state index contributed by atoms with van der Waals surface area (Å²) >= 11 is 0. The van der Waals surface area contributed by atoms with Crippen LogP contribution in [0.15, 0.2) is 0 Å². The monoisotopic (exact) mass is 223 g/mol. The lowest BCUT2D eigenvalue weighted by Gasteiger charge is -2.53. The molecule has 0 aromatic carbocycles. The summed E-state index contributed by atoms with van der Waals surface area (Å²) in [6.07, 6.45) is 6.86. The number of ether oxygens (including phenoxy) is 1. The van der Waals surface area contributed by atoms with Gasteiger partial charge in [0.25, 0.3) is 0 Å². The van der Waals surface area contributed by atoms with Gasteiger partial charge in [-0.25, -0.2) is 0 Å². The van der Waals surface area contributed by atoms with E-state index in [1.54, 1.807) is 0 Å². The summed E-state index contributed by atoms with van der Waals surface area (Å²) in [7, 11) is 0. The molecule has 2 heterocycles. The number of hydrogen-bond donors (Lipinski definition) is 0. The molecule has 0 amide bonds. The van der Waals surface area contributed by atoms with Crippen LogP contribution in [-0.2, 0) is 4.74 Å². The first-order valence-electron chi connectivity index (χ1n) is 7.01. The van der Waals surface area contributed by atoms with E-state index in [-0.39, 0.29) is 5.60 Å². The van der Waals surface area contributed by atoms with Gasteiger partial charge in [0.2, 0.25) is 0 Å². The summed E-state index contributed by atoms with van der Waals surface area (Å²) in [4.78, 5) is 2.64. The minimum atomic E-state index is 0.283. The average Bonchev–Trinajstić information content (AvgIpc) is 2.98. The van der Waals surface area contributed by atoms with Crippen molar-refractivity contribution in [1.82, 2.24) is 4.90 Å².